The first kappa shape index (κ1) is 15.5. The topological polar surface area (TPSA) is 46.2 Å². The van der Waals surface area contributed by atoms with Crippen molar-refractivity contribution in [2.24, 2.45) is 0 Å². The van der Waals surface area contributed by atoms with E-state index in [0.29, 0.717) is 10.8 Å². The zero-order valence-electron chi connectivity index (χ0n) is 9.04. The van der Waals surface area contributed by atoms with Crippen molar-refractivity contribution in [3.05, 3.63) is 16.5 Å². The van der Waals surface area contributed by atoms with Gasteiger partial charge >= 0.3 is 0 Å². The van der Waals surface area contributed by atoms with Gasteiger partial charge in [-0.3, -0.25) is 0 Å². The molecule has 1 N–H and O–H groups in total. The summed E-state index contributed by atoms with van der Waals surface area (Å²) in [5.41, 5.74) is -0.821. The monoisotopic (exact) mass is 335 g/mol. The van der Waals surface area contributed by atoms with E-state index in [1.165, 1.54) is 12.1 Å². The molecule has 1 aromatic heterocycles. The predicted octanol–water partition coefficient (Wildman–Crippen LogP) is 3.31. The molecule has 0 amide bonds. The average Bonchev–Trinajstić information content (AvgIpc) is 2.74. The molecular weight excluding hydrogens is 325 g/mol. The Balaban J connectivity index is 3.00. The fourth-order valence-corrected chi connectivity index (χ4v) is 5.04. The molecule has 0 aliphatic rings. The van der Waals surface area contributed by atoms with Gasteiger partial charge in [0.05, 0.1) is 9.88 Å². The Bertz CT molecular complexity index is 460. The van der Waals surface area contributed by atoms with Gasteiger partial charge in [0.2, 0.25) is 0 Å². The molecule has 3 nitrogen and oxygen atoms in total. The molecule has 0 spiro atoms. The van der Waals surface area contributed by atoms with E-state index in [-0.39, 0.29) is 16.0 Å². The smallest absolute Gasteiger partial charge is 0.206 e. The van der Waals surface area contributed by atoms with E-state index < -0.39 is 15.6 Å². The van der Waals surface area contributed by atoms with Crippen LogP contribution >= 0.6 is 46.1 Å². The van der Waals surface area contributed by atoms with Gasteiger partial charge < -0.3 is 0 Å². The molecule has 17 heavy (non-hydrogen) atoms. The second-order valence-corrected chi connectivity index (χ2v) is 7.72. The van der Waals surface area contributed by atoms with Gasteiger partial charge in [0.1, 0.15) is 4.21 Å². The van der Waals surface area contributed by atoms with Crippen LogP contribution in [0.5, 0.6) is 0 Å². The SMILES string of the molecule is CCC(CCl)(CCl)NS(=O)(=O)c1ccc(Cl)s1. The number of hydrogen-bond acceptors (Lipinski definition) is 3. The third-order valence-electron chi connectivity index (χ3n) is 2.35. The Morgan fingerprint density at radius 1 is 1.35 bits per heavy atom. The summed E-state index contributed by atoms with van der Waals surface area (Å²) in [5, 5.41) is 0. The summed E-state index contributed by atoms with van der Waals surface area (Å²) in [4.78, 5) is 0. The van der Waals surface area contributed by atoms with Crippen LogP contribution in [0, 0.1) is 0 Å². The van der Waals surface area contributed by atoms with Crippen molar-refractivity contribution in [1.29, 1.82) is 0 Å². The average molecular weight is 337 g/mol. The molecule has 1 aromatic rings. The van der Waals surface area contributed by atoms with E-state index in [1.54, 1.807) is 0 Å². The summed E-state index contributed by atoms with van der Waals surface area (Å²) in [6.07, 6.45) is 0.512. The van der Waals surface area contributed by atoms with Crippen molar-refractivity contribution in [3.63, 3.8) is 0 Å². The van der Waals surface area contributed by atoms with Gasteiger partial charge in [-0.05, 0) is 18.6 Å². The predicted molar refractivity (Wildman–Crippen MR) is 74.1 cm³/mol. The number of nitrogens with one attached hydrogen (secondary N) is 1. The zero-order valence-corrected chi connectivity index (χ0v) is 12.9. The molecule has 0 radical (unpaired) electrons. The number of rotatable bonds is 6. The van der Waals surface area contributed by atoms with E-state index in [1.807, 2.05) is 6.92 Å². The largest absolute Gasteiger partial charge is 0.250 e. The minimum absolute atomic E-state index is 0.116. The van der Waals surface area contributed by atoms with Crippen LogP contribution in [0.15, 0.2) is 16.3 Å². The highest BCUT2D eigenvalue weighted by molar-refractivity contribution is 7.91. The zero-order chi connectivity index (χ0) is 13.1. The fraction of sp³-hybridized carbons (Fsp3) is 0.556. The lowest BCUT2D eigenvalue weighted by atomic mass is 10.0. The van der Waals surface area contributed by atoms with Gasteiger partial charge in [0, 0.05) is 11.8 Å². The van der Waals surface area contributed by atoms with Crippen LogP contribution in [-0.4, -0.2) is 25.7 Å². The van der Waals surface area contributed by atoms with Crippen LogP contribution in [0.2, 0.25) is 4.34 Å². The molecule has 8 heteroatoms. The Kier molecular flexibility index (Phi) is 5.56. The van der Waals surface area contributed by atoms with E-state index in [2.05, 4.69) is 4.72 Å². The van der Waals surface area contributed by atoms with Gasteiger partial charge in [0.25, 0.3) is 10.0 Å². The molecule has 0 aliphatic carbocycles. The molecule has 98 valence electrons. The molecule has 0 saturated heterocycles. The van der Waals surface area contributed by atoms with Crippen LogP contribution in [0.1, 0.15) is 13.3 Å². The normalized spacial score (nSPS) is 12.9. The third-order valence-corrected chi connectivity index (χ3v) is 6.68. The molecule has 1 heterocycles. The van der Waals surface area contributed by atoms with Crippen molar-refractivity contribution in [2.45, 2.75) is 23.1 Å². The number of hydrogen-bond donors (Lipinski definition) is 1. The first-order valence-corrected chi connectivity index (χ1v) is 8.55. The minimum atomic E-state index is -3.62. The molecular formula is C9H12Cl3NO2S2. The standard InChI is InChI=1S/C9H12Cl3NO2S2/c1-2-9(5-10,6-11)13-17(14,15)8-4-3-7(12)16-8/h3-4,13H,2,5-6H2,1H3. The van der Waals surface area contributed by atoms with Gasteiger partial charge in [-0.2, -0.15) is 0 Å². The Morgan fingerprint density at radius 3 is 2.29 bits per heavy atom. The van der Waals surface area contributed by atoms with Crippen molar-refractivity contribution in [2.75, 3.05) is 11.8 Å². The maximum absolute atomic E-state index is 12.1. The number of sulfonamides is 1. The van der Waals surface area contributed by atoms with Crippen LogP contribution in [0.4, 0.5) is 0 Å². The van der Waals surface area contributed by atoms with Crippen molar-refractivity contribution < 1.29 is 8.42 Å². The fourth-order valence-electron chi connectivity index (χ4n) is 1.13. The highest BCUT2D eigenvalue weighted by atomic mass is 35.5. The minimum Gasteiger partial charge on any atom is -0.206 e. The van der Waals surface area contributed by atoms with Crippen molar-refractivity contribution >= 4 is 56.2 Å². The van der Waals surface area contributed by atoms with Crippen molar-refractivity contribution in [1.82, 2.24) is 4.72 Å². The number of halogens is 3. The van der Waals surface area contributed by atoms with E-state index >= 15 is 0 Å². The third kappa shape index (κ3) is 3.72. The maximum Gasteiger partial charge on any atom is 0.250 e. The van der Waals surface area contributed by atoms with Crippen molar-refractivity contribution in [3.8, 4) is 0 Å². The van der Waals surface area contributed by atoms with Gasteiger partial charge in [-0.1, -0.05) is 18.5 Å². The maximum atomic E-state index is 12.1. The molecule has 0 unspecified atom stereocenters. The van der Waals surface area contributed by atoms with E-state index in [4.69, 9.17) is 34.8 Å². The van der Waals surface area contributed by atoms with Gasteiger partial charge in [-0.25, -0.2) is 13.1 Å². The molecule has 0 fully saturated rings. The van der Waals surface area contributed by atoms with Crippen LogP contribution in [0.25, 0.3) is 0 Å². The van der Waals surface area contributed by atoms with E-state index in [0.717, 1.165) is 11.3 Å². The molecule has 0 aliphatic heterocycles. The summed E-state index contributed by atoms with van der Waals surface area (Å²) >= 11 is 18.3. The summed E-state index contributed by atoms with van der Waals surface area (Å²) in [5.74, 6) is 0.233. The van der Waals surface area contributed by atoms with Gasteiger partial charge in [-0.15, -0.1) is 34.5 Å². The van der Waals surface area contributed by atoms with Gasteiger partial charge in [0.15, 0.2) is 0 Å². The lowest BCUT2D eigenvalue weighted by Gasteiger charge is -2.28. The summed E-state index contributed by atoms with van der Waals surface area (Å²) in [7, 11) is -3.62. The Morgan fingerprint density at radius 2 is 1.94 bits per heavy atom. The Labute approximate surface area is 120 Å². The highest BCUT2D eigenvalue weighted by Gasteiger charge is 2.32. The lowest BCUT2D eigenvalue weighted by Crippen LogP contribution is -2.51. The quantitative estimate of drug-likeness (QED) is 0.810. The first-order chi connectivity index (χ1) is 7.89. The van der Waals surface area contributed by atoms with Crippen LogP contribution < -0.4 is 4.72 Å². The summed E-state index contributed by atoms with van der Waals surface area (Å²) in [6.45, 7) is 1.83. The highest BCUT2D eigenvalue weighted by Crippen LogP contribution is 2.27. The second kappa shape index (κ2) is 6.08. The number of thiophene rings is 1. The second-order valence-electron chi connectivity index (χ2n) is 3.57. The Hall–Kier alpha value is 0.480. The molecule has 0 aromatic carbocycles. The summed E-state index contributed by atoms with van der Waals surface area (Å²) in [6, 6.07) is 2.99. The summed E-state index contributed by atoms with van der Waals surface area (Å²) < 4.78 is 27.3. The molecule has 0 atom stereocenters. The molecule has 0 saturated carbocycles. The van der Waals surface area contributed by atoms with Crippen LogP contribution in [-0.2, 0) is 10.0 Å². The first-order valence-electron chi connectivity index (χ1n) is 4.80. The lowest BCUT2D eigenvalue weighted by molar-refractivity contribution is 0.450. The molecule has 0 bridgehead atoms. The molecule has 1 rings (SSSR count). The van der Waals surface area contributed by atoms with E-state index in [9.17, 15) is 8.42 Å². The van der Waals surface area contributed by atoms with Crippen LogP contribution in [0.3, 0.4) is 0 Å². The number of alkyl halides is 2.